The van der Waals surface area contributed by atoms with Gasteiger partial charge in [-0.05, 0) is 73.8 Å². The van der Waals surface area contributed by atoms with Crippen molar-refractivity contribution in [2.75, 3.05) is 20.3 Å². The number of para-hydroxylation sites is 1. The summed E-state index contributed by atoms with van der Waals surface area (Å²) in [6, 6.07) is 7.40. The Labute approximate surface area is 166 Å². The zero-order chi connectivity index (χ0) is 19.6. The number of ether oxygens (including phenoxy) is 2. The Hall–Kier alpha value is -2.30. The Balaban J connectivity index is 1.22. The van der Waals surface area contributed by atoms with Gasteiger partial charge in [-0.1, -0.05) is 18.2 Å². The Morgan fingerprint density at radius 3 is 2.39 bits per heavy atom. The van der Waals surface area contributed by atoms with E-state index < -0.39 is 5.97 Å². The van der Waals surface area contributed by atoms with Gasteiger partial charge in [-0.25, -0.2) is 4.79 Å². The number of carbonyl (C=O) groups excluding carboxylic acids is 2. The molecule has 1 amide bonds. The smallest absolute Gasteiger partial charge is 0.331 e. The first-order valence-corrected chi connectivity index (χ1v) is 10.3. The van der Waals surface area contributed by atoms with Crippen LogP contribution in [0.25, 0.3) is 6.08 Å². The first-order valence-electron chi connectivity index (χ1n) is 10.3. The van der Waals surface area contributed by atoms with Crippen LogP contribution in [0.2, 0.25) is 0 Å². The summed E-state index contributed by atoms with van der Waals surface area (Å²) in [4.78, 5) is 24.1. The second kappa shape index (κ2) is 7.98. The van der Waals surface area contributed by atoms with E-state index in [-0.39, 0.29) is 17.9 Å². The standard InChI is InChI=1S/C23H29NO4/c1-27-20-5-3-2-4-19(20)6-7-22(26)28-14-21(25)24-15-23-11-16-8-17(12-23)10-18(9-16)13-23/h2-7,16-18H,8-15H2,1H3,(H,24,25)/b7-6+. The minimum Gasteiger partial charge on any atom is -0.496 e. The van der Waals surface area contributed by atoms with Crippen LogP contribution < -0.4 is 10.1 Å². The molecule has 0 aromatic heterocycles. The maximum atomic E-state index is 12.2. The third-order valence-electron chi connectivity index (χ3n) is 6.71. The molecule has 0 spiro atoms. The fourth-order valence-electron chi connectivity index (χ4n) is 5.99. The van der Waals surface area contributed by atoms with Gasteiger partial charge in [0, 0.05) is 18.2 Å². The third-order valence-corrected chi connectivity index (χ3v) is 6.71. The van der Waals surface area contributed by atoms with Gasteiger partial charge in [0.25, 0.3) is 5.91 Å². The van der Waals surface area contributed by atoms with Crippen LogP contribution in [0.4, 0.5) is 0 Å². The van der Waals surface area contributed by atoms with Gasteiger partial charge in [-0.15, -0.1) is 0 Å². The number of esters is 1. The lowest BCUT2D eigenvalue weighted by atomic mass is 9.49. The van der Waals surface area contributed by atoms with Gasteiger partial charge in [0.05, 0.1) is 7.11 Å². The molecule has 4 bridgehead atoms. The number of amides is 1. The molecule has 0 heterocycles. The number of hydrogen-bond donors (Lipinski definition) is 1. The molecule has 0 aliphatic heterocycles. The minimum absolute atomic E-state index is 0.213. The van der Waals surface area contributed by atoms with Crippen molar-refractivity contribution in [2.24, 2.45) is 23.2 Å². The van der Waals surface area contributed by atoms with Gasteiger partial charge in [0.15, 0.2) is 6.61 Å². The van der Waals surface area contributed by atoms with Crippen molar-refractivity contribution in [3.05, 3.63) is 35.9 Å². The minimum atomic E-state index is -0.532. The summed E-state index contributed by atoms with van der Waals surface area (Å²) in [5.74, 6) is 2.52. The van der Waals surface area contributed by atoms with Crippen LogP contribution in [0.1, 0.15) is 44.1 Å². The molecule has 0 radical (unpaired) electrons. The monoisotopic (exact) mass is 383 g/mol. The molecule has 0 saturated heterocycles. The molecule has 4 aliphatic rings. The summed E-state index contributed by atoms with van der Waals surface area (Å²) in [6.07, 6.45) is 10.9. The topological polar surface area (TPSA) is 64.6 Å². The van der Waals surface area contributed by atoms with E-state index in [0.717, 1.165) is 29.9 Å². The maximum Gasteiger partial charge on any atom is 0.331 e. The predicted molar refractivity (Wildman–Crippen MR) is 107 cm³/mol. The van der Waals surface area contributed by atoms with E-state index in [1.807, 2.05) is 24.3 Å². The van der Waals surface area contributed by atoms with Crippen molar-refractivity contribution in [1.29, 1.82) is 0 Å². The lowest BCUT2D eigenvalue weighted by Crippen LogP contribution is -2.51. The van der Waals surface area contributed by atoms with E-state index in [1.54, 1.807) is 13.2 Å². The molecule has 0 unspecified atom stereocenters. The highest BCUT2D eigenvalue weighted by atomic mass is 16.5. The molecule has 1 aromatic rings. The Morgan fingerprint density at radius 2 is 1.75 bits per heavy atom. The molecule has 4 aliphatic carbocycles. The van der Waals surface area contributed by atoms with Crippen LogP contribution in [0.5, 0.6) is 5.75 Å². The van der Waals surface area contributed by atoms with E-state index in [2.05, 4.69) is 5.32 Å². The lowest BCUT2D eigenvalue weighted by molar-refractivity contribution is -0.144. The highest BCUT2D eigenvalue weighted by Crippen LogP contribution is 2.59. The zero-order valence-electron chi connectivity index (χ0n) is 16.5. The van der Waals surface area contributed by atoms with Crippen LogP contribution >= 0.6 is 0 Å². The Bertz CT molecular complexity index is 734. The Morgan fingerprint density at radius 1 is 1.11 bits per heavy atom. The predicted octanol–water partition coefficient (Wildman–Crippen LogP) is 3.58. The van der Waals surface area contributed by atoms with Gasteiger partial charge in [-0.2, -0.15) is 0 Å². The molecule has 5 nitrogen and oxygen atoms in total. The molecule has 1 N–H and O–H groups in total. The summed E-state index contributed by atoms with van der Waals surface area (Å²) in [7, 11) is 1.58. The number of rotatable bonds is 7. The van der Waals surface area contributed by atoms with E-state index >= 15 is 0 Å². The molecule has 150 valence electrons. The highest BCUT2D eigenvalue weighted by molar-refractivity contribution is 5.89. The molecule has 4 saturated carbocycles. The number of hydrogen-bond acceptors (Lipinski definition) is 4. The van der Waals surface area contributed by atoms with Crippen LogP contribution in [0, 0.1) is 23.2 Å². The fourth-order valence-corrected chi connectivity index (χ4v) is 5.99. The van der Waals surface area contributed by atoms with Crippen molar-refractivity contribution >= 4 is 18.0 Å². The maximum absolute atomic E-state index is 12.2. The number of carbonyl (C=O) groups is 2. The molecule has 5 rings (SSSR count). The van der Waals surface area contributed by atoms with E-state index in [4.69, 9.17) is 9.47 Å². The fraction of sp³-hybridized carbons (Fsp3) is 0.565. The zero-order valence-corrected chi connectivity index (χ0v) is 16.5. The molecular weight excluding hydrogens is 354 g/mol. The van der Waals surface area contributed by atoms with Crippen LogP contribution in [-0.4, -0.2) is 32.1 Å². The Kier molecular flexibility index (Phi) is 5.42. The quantitative estimate of drug-likeness (QED) is 0.577. The summed E-state index contributed by atoms with van der Waals surface area (Å²) >= 11 is 0. The van der Waals surface area contributed by atoms with Gasteiger partial charge in [0.2, 0.25) is 0 Å². The van der Waals surface area contributed by atoms with Crippen LogP contribution in [0.15, 0.2) is 30.3 Å². The normalized spacial score (nSPS) is 30.4. The first kappa shape index (κ1) is 19.0. The third kappa shape index (κ3) is 4.23. The average Bonchev–Trinajstić information content (AvgIpc) is 2.68. The van der Waals surface area contributed by atoms with Crippen molar-refractivity contribution in [3.63, 3.8) is 0 Å². The van der Waals surface area contributed by atoms with Gasteiger partial charge in [0.1, 0.15) is 5.75 Å². The van der Waals surface area contributed by atoms with E-state index in [1.165, 1.54) is 44.6 Å². The van der Waals surface area contributed by atoms with E-state index in [9.17, 15) is 9.59 Å². The largest absolute Gasteiger partial charge is 0.496 e. The summed E-state index contributed by atoms with van der Waals surface area (Å²) in [5.41, 5.74) is 1.08. The van der Waals surface area contributed by atoms with Crippen molar-refractivity contribution in [1.82, 2.24) is 5.32 Å². The molecule has 5 heteroatoms. The van der Waals surface area contributed by atoms with Crippen molar-refractivity contribution in [3.8, 4) is 5.75 Å². The molecule has 0 atom stereocenters. The second-order valence-electron chi connectivity index (χ2n) is 8.88. The average molecular weight is 383 g/mol. The molecule has 4 fully saturated rings. The SMILES string of the molecule is COc1ccccc1/C=C/C(=O)OCC(=O)NCC12CC3CC(CC(C3)C1)C2. The van der Waals surface area contributed by atoms with Gasteiger partial charge >= 0.3 is 5.97 Å². The van der Waals surface area contributed by atoms with E-state index in [0.29, 0.717) is 5.75 Å². The molecular formula is C23H29NO4. The second-order valence-corrected chi connectivity index (χ2v) is 8.88. The van der Waals surface area contributed by atoms with Gasteiger partial charge < -0.3 is 14.8 Å². The summed E-state index contributed by atoms with van der Waals surface area (Å²) in [6.45, 7) is 0.491. The highest BCUT2D eigenvalue weighted by Gasteiger charge is 2.50. The molecule has 1 aromatic carbocycles. The number of methoxy groups -OCH3 is 1. The number of benzene rings is 1. The van der Waals surface area contributed by atoms with Crippen molar-refractivity contribution < 1.29 is 19.1 Å². The molecule has 28 heavy (non-hydrogen) atoms. The van der Waals surface area contributed by atoms with Gasteiger partial charge in [-0.3, -0.25) is 4.79 Å². The van der Waals surface area contributed by atoms with Crippen LogP contribution in [-0.2, 0) is 14.3 Å². The van der Waals surface area contributed by atoms with Crippen molar-refractivity contribution in [2.45, 2.75) is 38.5 Å². The first-order chi connectivity index (χ1) is 13.5. The van der Waals surface area contributed by atoms with Crippen LogP contribution in [0.3, 0.4) is 0 Å². The number of nitrogens with one attached hydrogen (secondary N) is 1. The summed E-state index contributed by atoms with van der Waals surface area (Å²) < 4.78 is 10.3. The summed E-state index contributed by atoms with van der Waals surface area (Å²) in [5, 5.41) is 3.03. The lowest BCUT2D eigenvalue weighted by Gasteiger charge is -2.56.